The van der Waals surface area contributed by atoms with Crippen molar-refractivity contribution >= 4 is 72.8 Å². The van der Waals surface area contributed by atoms with E-state index in [0.717, 1.165) is 25.0 Å². The first-order valence-electron chi connectivity index (χ1n) is 8.16. The summed E-state index contributed by atoms with van der Waals surface area (Å²) in [6.07, 6.45) is 4.52. The molecular weight excluding hydrogens is 482 g/mol. The van der Waals surface area contributed by atoms with Crippen molar-refractivity contribution in [2.75, 3.05) is 13.2 Å². The van der Waals surface area contributed by atoms with Gasteiger partial charge in [-0.15, -0.1) is 0 Å². The van der Waals surface area contributed by atoms with Crippen LogP contribution in [-0.2, 0) is 28.7 Å². The molecule has 8 nitrogen and oxygen atoms in total. The Morgan fingerprint density at radius 1 is 0.704 bits per heavy atom. The third kappa shape index (κ3) is 29.9. The van der Waals surface area contributed by atoms with E-state index in [2.05, 4.69) is 9.47 Å². The average Bonchev–Trinajstić information content (AvgIpc) is 2.51. The Hall–Kier alpha value is -1.07. The Bertz CT molecular complexity index is 463. The molecule has 0 amide bonds. The number of hydrogen-bond acceptors (Lipinski definition) is 8. The molecule has 148 valence electrons. The zero-order valence-electron chi connectivity index (χ0n) is 16.3. The molecule has 0 heterocycles. The number of carbonyl (C=O) groups excluding carboxylic acids is 4. The molecule has 0 fully saturated rings. The minimum absolute atomic E-state index is 0. The van der Waals surface area contributed by atoms with Gasteiger partial charge in [-0.2, -0.15) is 0 Å². The van der Waals surface area contributed by atoms with Crippen molar-refractivity contribution in [3.8, 4) is 0 Å². The molecule has 0 radical (unpaired) electrons. The van der Waals surface area contributed by atoms with E-state index in [9.17, 15) is 29.4 Å². The van der Waals surface area contributed by atoms with E-state index in [1.54, 1.807) is 0 Å². The Kier molecular flexibility index (Phi) is 22.3. The summed E-state index contributed by atoms with van der Waals surface area (Å²) in [5.74, 6) is -3.19. The Morgan fingerprint density at radius 3 is 1.22 bits per heavy atom. The van der Waals surface area contributed by atoms with Crippen molar-refractivity contribution in [1.82, 2.24) is 0 Å². The predicted octanol–water partition coefficient (Wildman–Crippen LogP) is -0.617. The van der Waals surface area contributed by atoms with Crippen LogP contribution in [0, 0.1) is 11.8 Å². The monoisotopic (exact) mass is 508 g/mol. The van der Waals surface area contributed by atoms with E-state index in [1.807, 2.05) is 27.7 Å². The van der Waals surface area contributed by atoms with Crippen LogP contribution in [0.1, 0.15) is 40.5 Å². The van der Waals surface area contributed by atoms with Gasteiger partial charge < -0.3 is 29.3 Å². The molecule has 0 aliphatic carbocycles. The topological polar surface area (TPSA) is 133 Å². The van der Waals surface area contributed by atoms with Crippen molar-refractivity contribution in [3.05, 3.63) is 24.3 Å². The van der Waals surface area contributed by atoms with Gasteiger partial charge in [-0.25, -0.2) is 9.59 Å². The summed E-state index contributed by atoms with van der Waals surface area (Å²) < 4.78 is 9.37. The first-order valence-corrected chi connectivity index (χ1v) is 8.16. The molecule has 0 spiro atoms. The second-order valence-electron chi connectivity index (χ2n) is 6.00. The van der Waals surface area contributed by atoms with Gasteiger partial charge in [0.1, 0.15) is 0 Å². The maximum Gasteiger partial charge on any atom is 2.00 e. The van der Waals surface area contributed by atoms with Crippen LogP contribution in [0.4, 0.5) is 0 Å². The van der Waals surface area contributed by atoms with Gasteiger partial charge in [0.05, 0.1) is 25.2 Å². The SMILES string of the molecule is CC(C)CCOC(=O)/C=C/C(=O)[O-].CC(C)CCOC(=O)/C=C/C(=O)[O-].[Ba+2]. The fraction of sp³-hybridized carbons (Fsp3) is 0.556. The van der Waals surface area contributed by atoms with E-state index < -0.39 is 23.9 Å². The summed E-state index contributed by atoms with van der Waals surface area (Å²) in [4.78, 5) is 41.2. The Balaban J connectivity index is -0.000000411. The third-order valence-corrected chi connectivity index (χ3v) is 2.59. The summed E-state index contributed by atoms with van der Waals surface area (Å²) in [5, 5.41) is 19.8. The van der Waals surface area contributed by atoms with Gasteiger partial charge in [0, 0.05) is 12.2 Å². The zero-order valence-corrected chi connectivity index (χ0v) is 20.7. The number of carbonyl (C=O) groups is 4. The first kappa shape index (κ1) is 30.7. The van der Waals surface area contributed by atoms with Crippen molar-refractivity contribution in [2.24, 2.45) is 11.8 Å². The van der Waals surface area contributed by atoms with E-state index in [-0.39, 0.29) is 48.9 Å². The number of esters is 2. The number of rotatable bonds is 10. The smallest absolute Gasteiger partial charge is 0.545 e. The number of ether oxygens (including phenoxy) is 2. The second kappa shape index (κ2) is 19.7. The van der Waals surface area contributed by atoms with Crippen LogP contribution in [0.2, 0.25) is 0 Å². The molecule has 0 bridgehead atoms. The molecule has 0 aromatic carbocycles. The molecule has 0 unspecified atom stereocenters. The van der Waals surface area contributed by atoms with Crippen molar-refractivity contribution < 1.29 is 38.9 Å². The molecule has 0 aromatic rings. The fourth-order valence-electron chi connectivity index (χ4n) is 1.16. The molecule has 0 saturated heterocycles. The quantitative estimate of drug-likeness (QED) is 0.217. The van der Waals surface area contributed by atoms with Crippen LogP contribution in [0.5, 0.6) is 0 Å². The summed E-state index contributed by atoms with van der Waals surface area (Å²) in [6.45, 7) is 8.65. The van der Waals surface area contributed by atoms with E-state index in [0.29, 0.717) is 37.2 Å². The van der Waals surface area contributed by atoms with E-state index in [1.165, 1.54) is 0 Å². The second-order valence-corrected chi connectivity index (χ2v) is 6.00. The van der Waals surface area contributed by atoms with Gasteiger partial charge in [0.2, 0.25) is 0 Å². The maximum absolute atomic E-state index is 10.7. The predicted molar refractivity (Wildman–Crippen MR) is 94.9 cm³/mol. The van der Waals surface area contributed by atoms with Crippen LogP contribution in [0.15, 0.2) is 24.3 Å². The van der Waals surface area contributed by atoms with Crippen molar-refractivity contribution in [3.63, 3.8) is 0 Å². The van der Waals surface area contributed by atoms with Gasteiger partial charge in [-0.3, -0.25) is 0 Å². The molecule has 0 aromatic heterocycles. The van der Waals surface area contributed by atoms with Crippen molar-refractivity contribution in [2.45, 2.75) is 40.5 Å². The largest absolute Gasteiger partial charge is 2.00 e. The van der Waals surface area contributed by atoms with E-state index in [4.69, 9.17) is 0 Å². The average molecular weight is 508 g/mol. The van der Waals surface area contributed by atoms with Gasteiger partial charge in [-0.05, 0) is 36.8 Å². The number of aliphatic carboxylic acids is 2. The van der Waals surface area contributed by atoms with E-state index >= 15 is 0 Å². The minimum Gasteiger partial charge on any atom is -0.545 e. The first-order chi connectivity index (χ1) is 12.0. The number of carboxylic acid groups (broad SMARTS) is 2. The summed E-state index contributed by atoms with van der Waals surface area (Å²) >= 11 is 0. The van der Waals surface area contributed by atoms with Gasteiger partial charge >= 0.3 is 60.8 Å². The Morgan fingerprint density at radius 2 is 1.00 bits per heavy atom. The normalized spacial score (nSPS) is 10.3. The molecular formula is C18H26BaO8. The number of carboxylic acids is 2. The molecule has 0 aliphatic heterocycles. The van der Waals surface area contributed by atoms with Gasteiger partial charge in [-0.1, -0.05) is 27.7 Å². The summed E-state index contributed by atoms with van der Waals surface area (Å²) in [7, 11) is 0. The Labute approximate surface area is 200 Å². The van der Waals surface area contributed by atoms with Crippen LogP contribution in [0.25, 0.3) is 0 Å². The van der Waals surface area contributed by atoms with Crippen molar-refractivity contribution in [1.29, 1.82) is 0 Å². The molecule has 0 atom stereocenters. The zero-order chi connectivity index (χ0) is 20.5. The van der Waals surface area contributed by atoms with Gasteiger partial charge in [0.15, 0.2) is 0 Å². The standard InChI is InChI=1S/2C9H14O4.Ba/c2*1-7(2)5-6-13-9(12)4-3-8(10)11;/h2*3-4,7H,5-6H2,1-2H3,(H,10,11);/q;;+2/p-2/b2*4-3+;. The maximum atomic E-state index is 10.7. The number of hydrogen-bond donors (Lipinski definition) is 0. The molecule has 0 N–H and O–H groups in total. The minimum atomic E-state index is -1.40. The van der Waals surface area contributed by atoms with Crippen LogP contribution < -0.4 is 10.2 Å². The van der Waals surface area contributed by atoms with Gasteiger partial charge in [0.25, 0.3) is 0 Å². The van der Waals surface area contributed by atoms with Crippen LogP contribution in [0.3, 0.4) is 0 Å². The van der Waals surface area contributed by atoms with Crippen LogP contribution >= 0.6 is 0 Å². The molecule has 0 saturated carbocycles. The molecule has 27 heavy (non-hydrogen) atoms. The molecule has 0 rings (SSSR count). The molecule has 0 aliphatic rings. The summed E-state index contributed by atoms with van der Waals surface area (Å²) in [5.41, 5.74) is 0. The summed E-state index contributed by atoms with van der Waals surface area (Å²) in [6, 6.07) is 0. The fourth-order valence-corrected chi connectivity index (χ4v) is 1.16. The molecule has 9 heteroatoms. The van der Waals surface area contributed by atoms with Crippen LogP contribution in [-0.4, -0.2) is 86.0 Å². The third-order valence-electron chi connectivity index (χ3n) is 2.59.